The van der Waals surface area contributed by atoms with Crippen LogP contribution in [-0.4, -0.2) is 131 Å². The number of amides is 5. The minimum Gasteiger partial charge on any atom is -0.405 e. The average Bonchev–Trinajstić information content (AvgIpc) is 3.56. The Morgan fingerprint density at radius 3 is 2.33 bits per heavy atom. The van der Waals surface area contributed by atoms with Gasteiger partial charge in [0, 0.05) is 76.4 Å². The molecule has 364 valence electrons. The summed E-state index contributed by atoms with van der Waals surface area (Å²) in [5.74, 6) is -1.54. The first-order valence-corrected chi connectivity index (χ1v) is 23.8. The number of aromatic nitrogens is 2. The summed E-state index contributed by atoms with van der Waals surface area (Å²) in [4.78, 5) is 80.2. The number of anilines is 3. The summed E-state index contributed by atoms with van der Waals surface area (Å²) in [7, 11) is 0. The Hall–Kier alpha value is -6.40. The van der Waals surface area contributed by atoms with Crippen molar-refractivity contribution < 1.29 is 46.3 Å². The van der Waals surface area contributed by atoms with E-state index in [2.05, 4.69) is 46.9 Å². The van der Waals surface area contributed by atoms with Crippen LogP contribution in [0.1, 0.15) is 89.6 Å². The number of carbonyl (C=O) groups excluding carboxylic acids is 5. The molecule has 11 rings (SSSR count). The van der Waals surface area contributed by atoms with Crippen molar-refractivity contribution in [1.29, 1.82) is 5.26 Å². The largest absolute Gasteiger partial charge is 0.573 e. The summed E-state index contributed by atoms with van der Waals surface area (Å²) < 4.78 is 58.6. The van der Waals surface area contributed by atoms with Gasteiger partial charge < -0.3 is 30.5 Å². The lowest BCUT2D eigenvalue weighted by Gasteiger charge is -2.60. The van der Waals surface area contributed by atoms with E-state index in [0.717, 1.165) is 69.0 Å². The van der Waals surface area contributed by atoms with Crippen LogP contribution in [0.2, 0.25) is 0 Å². The number of carbonyl (C=O) groups is 5. The molecule has 5 heterocycles. The Bertz CT molecular complexity index is 2580. The molecule has 7 fully saturated rings. The number of piperidine rings is 2. The molecule has 0 radical (unpaired) electrons. The second-order valence-corrected chi connectivity index (χ2v) is 19.7. The van der Waals surface area contributed by atoms with Crippen molar-refractivity contribution in [3.05, 3.63) is 70.7 Å². The molecule has 3 saturated heterocycles. The highest BCUT2D eigenvalue weighted by atomic mass is 19.4. The first kappa shape index (κ1) is 46.3. The number of rotatable bonds is 13. The Morgan fingerprint density at radius 1 is 0.928 bits per heavy atom. The molecule has 5 amide bonds. The maximum atomic E-state index is 15.6. The second-order valence-electron chi connectivity index (χ2n) is 19.7. The van der Waals surface area contributed by atoms with Crippen molar-refractivity contribution in [2.24, 2.45) is 23.2 Å². The SMILES string of the molecule is N#Cc1cnc(NCc2ccccc2OC(F)(F)F)nc1NCC12CC3C[C@H](C1)C(NCC(=O)N1CCN(C4CCN(c5cc6c(cc5F)C(=O)N(C5CCC(=O)NC5=O)C6=O)CC4)CC1)[C@@H](C3)C2. The highest BCUT2D eigenvalue weighted by Gasteiger charge is 2.55. The number of alkyl halides is 3. The van der Waals surface area contributed by atoms with Gasteiger partial charge in [-0.15, -0.1) is 13.2 Å². The van der Waals surface area contributed by atoms with E-state index >= 15 is 4.39 Å². The van der Waals surface area contributed by atoms with Crippen molar-refractivity contribution in [3.63, 3.8) is 0 Å². The smallest absolute Gasteiger partial charge is 0.405 e. The van der Waals surface area contributed by atoms with Crippen LogP contribution in [0.15, 0.2) is 42.6 Å². The zero-order chi connectivity index (χ0) is 48.2. The molecule has 4 unspecified atom stereocenters. The highest BCUT2D eigenvalue weighted by Crippen LogP contribution is 2.60. The van der Waals surface area contributed by atoms with Gasteiger partial charge in [-0.1, -0.05) is 18.2 Å². The van der Waals surface area contributed by atoms with Crippen LogP contribution in [0.25, 0.3) is 0 Å². The first-order chi connectivity index (χ1) is 33.1. The summed E-state index contributed by atoms with van der Waals surface area (Å²) in [6.45, 7) is 4.60. The van der Waals surface area contributed by atoms with Crippen LogP contribution in [0.4, 0.5) is 35.0 Å². The normalized spacial score (nSPS) is 27.1. The lowest BCUT2D eigenvalue weighted by Crippen LogP contribution is -2.61. The fraction of sp³-hybridized carbons (Fsp3) is 0.542. The van der Waals surface area contributed by atoms with E-state index in [-0.39, 0.29) is 89.0 Å². The van der Waals surface area contributed by atoms with Crippen LogP contribution in [0.3, 0.4) is 0 Å². The summed E-state index contributed by atoms with van der Waals surface area (Å²) in [6, 6.07) is 9.81. The summed E-state index contributed by atoms with van der Waals surface area (Å²) in [5.41, 5.74) is 0.727. The van der Waals surface area contributed by atoms with Gasteiger partial charge in [0.15, 0.2) is 0 Å². The predicted octanol–water partition coefficient (Wildman–Crippen LogP) is 4.41. The number of hydrogen-bond acceptors (Lipinski definition) is 14. The maximum Gasteiger partial charge on any atom is 0.573 e. The number of nitriles is 1. The zero-order valence-electron chi connectivity index (χ0n) is 37.8. The fourth-order valence-electron chi connectivity index (χ4n) is 12.6. The first-order valence-electron chi connectivity index (χ1n) is 23.8. The molecule has 0 spiro atoms. The molecule has 4 aliphatic carbocycles. The molecule has 2 aromatic carbocycles. The Kier molecular flexibility index (Phi) is 12.4. The van der Waals surface area contributed by atoms with Crippen molar-refractivity contribution in [1.82, 2.24) is 35.3 Å². The highest BCUT2D eigenvalue weighted by molar-refractivity contribution is 6.23. The Labute approximate surface area is 395 Å². The molecule has 6 atom stereocenters. The molecule has 21 heteroatoms. The second kappa shape index (κ2) is 18.5. The monoisotopic (exact) mass is 955 g/mol. The van der Waals surface area contributed by atoms with E-state index in [9.17, 15) is 42.4 Å². The molecule has 4 N–H and O–H groups in total. The third kappa shape index (κ3) is 9.40. The van der Waals surface area contributed by atoms with Gasteiger partial charge in [-0.05, 0) is 92.7 Å². The van der Waals surface area contributed by atoms with Crippen molar-refractivity contribution in [3.8, 4) is 11.8 Å². The summed E-state index contributed by atoms with van der Waals surface area (Å²) in [5, 5.41) is 22.1. The quantitative estimate of drug-likeness (QED) is 0.139. The molecular weight excluding hydrogens is 903 g/mol. The number of para-hydroxylation sites is 1. The Morgan fingerprint density at radius 2 is 1.64 bits per heavy atom. The van der Waals surface area contributed by atoms with E-state index in [1.54, 1.807) is 6.07 Å². The van der Waals surface area contributed by atoms with Gasteiger partial charge in [-0.3, -0.25) is 39.1 Å². The van der Waals surface area contributed by atoms with Crippen molar-refractivity contribution >= 4 is 47.0 Å². The predicted molar refractivity (Wildman–Crippen MR) is 240 cm³/mol. The van der Waals surface area contributed by atoms with Gasteiger partial charge in [0.1, 0.15) is 35.1 Å². The van der Waals surface area contributed by atoms with Gasteiger partial charge in [-0.2, -0.15) is 10.2 Å². The number of hydrogen-bond donors (Lipinski definition) is 4. The topological polar surface area (TPSA) is 205 Å². The molecule has 17 nitrogen and oxygen atoms in total. The van der Waals surface area contributed by atoms with Crippen molar-refractivity contribution in [2.75, 3.05) is 67.9 Å². The minimum atomic E-state index is -4.84. The molecule has 3 aromatic rings. The number of piperazine rings is 1. The van der Waals surface area contributed by atoms with E-state index < -0.39 is 41.9 Å². The van der Waals surface area contributed by atoms with Crippen LogP contribution in [0.5, 0.6) is 5.75 Å². The molecule has 1 aromatic heterocycles. The van der Waals surface area contributed by atoms with Crippen LogP contribution in [-0.2, 0) is 20.9 Å². The zero-order valence-corrected chi connectivity index (χ0v) is 37.8. The van der Waals surface area contributed by atoms with E-state index in [0.29, 0.717) is 56.3 Å². The number of ether oxygens (including phenoxy) is 1. The number of imide groups is 2. The third-order valence-electron chi connectivity index (χ3n) is 15.6. The maximum absolute atomic E-state index is 15.6. The standard InChI is InChI=1S/C48H53F4N11O6/c49-35-17-33-34(45(68)63(44(33)67)36-5-6-39(64)58-43(36)66)18-37(35)61-9-7-32(8-10-61)60-11-13-62(14-12-60)40(65)25-54-41-29-15-27-16-30(41)21-47(19-27,20-29)26-57-42-31(22-53)24-56-46(59-42)55-23-28-3-1-2-4-38(28)69-48(50,51)52/h1-4,17-18,24,27,29-30,32,36,41,54H,5-16,19-21,23,25-26H2,(H,58,64,66)(H2,55,56,57,59)/t27?,29-,30+,36?,41?,47?. The Balaban J connectivity index is 0.681. The summed E-state index contributed by atoms with van der Waals surface area (Å²) in [6.07, 6.45) is 3.31. The van der Waals surface area contributed by atoms with Crippen LogP contribution >= 0.6 is 0 Å². The lowest BCUT2D eigenvalue weighted by molar-refractivity contribution is -0.274. The number of nitrogens with one attached hydrogen (secondary N) is 4. The van der Waals surface area contributed by atoms with Gasteiger partial charge in [0.25, 0.3) is 11.8 Å². The van der Waals surface area contributed by atoms with Crippen LogP contribution in [0, 0.1) is 40.3 Å². The molecule has 4 aliphatic heterocycles. The third-order valence-corrected chi connectivity index (χ3v) is 15.6. The number of nitrogens with zero attached hydrogens (tertiary/aromatic N) is 7. The molecule has 4 bridgehead atoms. The van der Waals surface area contributed by atoms with E-state index in [1.165, 1.54) is 30.5 Å². The number of benzene rings is 2. The molecule has 8 aliphatic rings. The minimum absolute atomic E-state index is 0.000399. The lowest BCUT2D eigenvalue weighted by atomic mass is 9.48. The van der Waals surface area contributed by atoms with E-state index in [4.69, 9.17) is 0 Å². The van der Waals surface area contributed by atoms with Crippen LogP contribution < -0.4 is 30.9 Å². The van der Waals surface area contributed by atoms with Crippen molar-refractivity contribution in [2.45, 2.75) is 88.8 Å². The molecule has 69 heavy (non-hydrogen) atoms. The molecule has 4 saturated carbocycles. The van der Waals surface area contributed by atoms with Gasteiger partial charge in [0.05, 0.1) is 29.6 Å². The number of halogens is 4. The van der Waals surface area contributed by atoms with Gasteiger partial charge >= 0.3 is 6.36 Å². The number of fused-ring (bicyclic) bond motifs is 1. The average molecular weight is 956 g/mol. The van der Waals surface area contributed by atoms with E-state index in [1.807, 2.05) is 9.80 Å². The van der Waals surface area contributed by atoms with Gasteiger partial charge in [0.2, 0.25) is 23.7 Å². The fourth-order valence-corrected chi connectivity index (χ4v) is 12.6. The summed E-state index contributed by atoms with van der Waals surface area (Å²) >= 11 is 0. The van der Waals surface area contributed by atoms with Gasteiger partial charge in [-0.25, -0.2) is 9.37 Å². The molecular formula is C48H53F4N11O6.